The van der Waals surface area contributed by atoms with Crippen molar-refractivity contribution in [1.82, 2.24) is 4.90 Å². The van der Waals surface area contributed by atoms with E-state index in [1.165, 1.54) is 4.90 Å². The van der Waals surface area contributed by atoms with Gasteiger partial charge in [0.05, 0.1) is 24.9 Å². The number of nitrogens with one attached hydrogen (secondary N) is 2. The maximum absolute atomic E-state index is 12.6. The van der Waals surface area contributed by atoms with Crippen molar-refractivity contribution in [1.29, 1.82) is 0 Å². The summed E-state index contributed by atoms with van der Waals surface area (Å²) in [5.41, 5.74) is 1.83. The number of benzene rings is 2. The lowest BCUT2D eigenvalue weighted by atomic mass is 10.2. The van der Waals surface area contributed by atoms with Gasteiger partial charge < -0.3 is 5.32 Å². The lowest BCUT2D eigenvalue weighted by Gasteiger charge is -2.16. The Labute approximate surface area is 152 Å². The Morgan fingerprint density at radius 1 is 1.04 bits per heavy atom. The minimum Gasteiger partial charge on any atom is -0.373 e. The Kier molecular flexibility index (Phi) is 4.94. The van der Waals surface area contributed by atoms with Crippen LogP contribution in [0.25, 0.3) is 0 Å². The first-order valence-electron chi connectivity index (χ1n) is 8.04. The van der Waals surface area contributed by atoms with E-state index in [4.69, 9.17) is 0 Å². The predicted octanol–water partition coefficient (Wildman–Crippen LogP) is 1.80. The van der Waals surface area contributed by atoms with E-state index in [1.54, 1.807) is 24.3 Å². The van der Waals surface area contributed by atoms with Crippen molar-refractivity contribution in [3.05, 3.63) is 60.2 Å². The lowest BCUT2D eigenvalue weighted by Crippen LogP contribution is -2.34. The van der Waals surface area contributed by atoms with Crippen LogP contribution in [-0.4, -0.2) is 37.4 Å². The molecule has 1 unspecified atom stereocenters. The molecule has 26 heavy (non-hydrogen) atoms. The van der Waals surface area contributed by atoms with Gasteiger partial charge in [-0.25, -0.2) is 8.42 Å². The molecule has 1 heterocycles. The van der Waals surface area contributed by atoms with E-state index in [2.05, 4.69) is 10.0 Å². The molecule has 1 aliphatic rings. The Morgan fingerprint density at radius 3 is 2.42 bits per heavy atom. The van der Waals surface area contributed by atoms with Gasteiger partial charge in [-0.1, -0.05) is 36.4 Å². The molecule has 0 spiro atoms. The number of carbonyl (C=O) groups is 2. The number of rotatable bonds is 6. The van der Waals surface area contributed by atoms with Crippen LogP contribution in [0.5, 0.6) is 0 Å². The highest BCUT2D eigenvalue weighted by Gasteiger charge is 2.38. The molecule has 2 N–H and O–H groups in total. The van der Waals surface area contributed by atoms with Crippen molar-refractivity contribution in [2.24, 2.45) is 0 Å². The number of hydrogen-bond donors (Lipinski definition) is 2. The second-order valence-electron chi connectivity index (χ2n) is 6.16. The molecule has 2 aromatic rings. The summed E-state index contributed by atoms with van der Waals surface area (Å²) in [6, 6.07) is 15.2. The Bertz CT molecular complexity index is 928. The van der Waals surface area contributed by atoms with Crippen LogP contribution in [0.15, 0.2) is 54.6 Å². The molecular formula is C18H19N3O4S. The van der Waals surface area contributed by atoms with Gasteiger partial charge in [0.25, 0.3) is 5.91 Å². The van der Waals surface area contributed by atoms with Crippen molar-refractivity contribution in [3.8, 4) is 0 Å². The molecule has 0 radical (unpaired) electrons. The highest BCUT2D eigenvalue weighted by atomic mass is 32.2. The van der Waals surface area contributed by atoms with E-state index < -0.39 is 16.1 Å². The van der Waals surface area contributed by atoms with E-state index in [0.717, 1.165) is 11.8 Å². The van der Waals surface area contributed by atoms with Gasteiger partial charge in [0.1, 0.15) is 6.04 Å². The molecule has 2 aromatic carbocycles. The van der Waals surface area contributed by atoms with E-state index in [0.29, 0.717) is 11.4 Å². The van der Waals surface area contributed by atoms with Gasteiger partial charge in [-0.3, -0.25) is 19.2 Å². The first-order valence-corrected chi connectivity index (χ1v) is 9.93. The summed E-state index contributed by atoms with van der Waals surface area (Å²) in [6.45, 7) is 0.242. The van der Waals surface area contributed by atoms with Gasteiger partial charge in [-0.05, 0) is 23.8 Å². The number of amides is 2. The van der Waals surface area contributed by atoms with Gasteiger partial charge in [0.2, 0.25) is 15.9 Å². The van der Waals surface area contributed by atoms with Crippen LogP contribution in [0.1, 0.15) is 12.0 Å². The van der Waals surface area contributed by atoms with E-state index in [9.17, 15) is 18.0 Å². The number of anilines is 2. The third-order valence-electron chi connectivity index (χ3n) is 3.93. The molecule has 2 amide bonds. The number of likely N-dealkylation sites (tertiary alicyclic amines) is 1. The smallest absolute Gasteiger partial charge is 0.252 e. The standard InChI is InChI=1S/C18H19N3O4S/c1-26(24,25)20-15-9-5-8-14(10-15)19-16-11-17(22)21(18(16)23)12-13-6-3-2-4-7-13/h2-10,16,19-20H,11-12H2,1H3. The summed E-state index contributed by atoms with van der Waals surface area (Å²) in [5, 5.41) is 3.02. The molecule has 0 aromatic heterocycles. The fraction of sp³-hybridized carbons (Fsp3) is 0.222. The molecule has 3 rings (SSSR count). The zero-order chi connectivity index (χ0) is 18.7. The maximum Gasteiger partial charge on any atom is 0.252 e. The van der Waals surface area contributed by atoms with Gasteiger partial charge in [-0.2, -0.15) is 0 Å². The fourth-order valence-electron chi connectivity index (χ4n) is 2.82. The van der Waals surface area contributed by atoms with E-state index >= 15 is 0 Å². The highest BCUT2D eigenvalue weighted by molar-refractivity contribution is 7.92. The number of imide groups is 1. The third-order valence-corrected chi connectivity index (χ3v) is 4.54. The number of carbonyl (C=O) groups excluding carboxylic acids is 2. The Hall–Kier alpha value is -2.87. The van der Waals surface area contributed by atoms with Gasteiger partial charge in [-0.15, -0.1) is 0 Å². The molecule has 1 saturated heterocycles. The van der Waals surface area contributed by atoms with Crippen molar-refractivity contribution in [3.63, 3.8) is 0 Å². The monoisotopic (exact) mass is 373 g/mol. The molecule has 0 bridgehead atoms. The molecule has 8 heteroatoms. The first kappa shape index (κ1) is 17.9. The number of nitrogens with zero attached hydrogens (tertiary/aromatic N) is 1. The molecule has 0 aliphatic carbocycles. The van der Waals surface area contributed by atoms with Crippen molar-refractivity contribution in [2.45, 2.75) is 19.0 Å². The van der Waals surface area contributed by atoms with Crippen LogP contribution >= 0.6 is 0 Å². The molecule has 0 saturated carbocycles. The molecule has 1 atom stereocenters. The summed E-state index contributed by atoms with van der Waals surface area (Å²) in [5.74, 6) is -0.526. The van der Waals surface area contributed by atoms with Crippen LogP contribution in [0, 0.1) is 0 Å². The van der Waals surface area contributed by atoms with E-state index in [1.807, 2.05) is 30.3 Å². The van der Waals surface area contributed by atoms with E-state index in [-0.39, 0.29) is 24.8 Å². The predicted molar refractivity (Wildman–Crippen MR) is 98.9 cm³/mol. The lowest BCUT2D eigenvalue weighted by molar-refractivity contribution is -0.139. The van der Waals surface area contributed by atoms with Gasteiger partial charge >= 0.3 is 0 Å². The SMILES string of the molecule is CS(=O)(=O)Nc1cccc(NC2CC(=O)N(Cc3ccccc3)C2=O)c1. The normalized spacial score (nSPS) is 17.4. The summed E-state index contributed by atoms with van der Waals surface area (Å²) in [7, 11) is -3.39. The summed E-state index contributed by atoms with van der Waals surface area (Å²) >= 11 is 0. The van der Waals surface area contributed by atoms with Crippen LogP contribution < -0.4 is 10.0 Å². The molecule has 1 aliphatic heterocycles. The quantitative estimate of drug-likeness (QED) is 0.753. The fourth-order valence-corrected chi connectivity index (χ4v) is 3.37. The zero-order valence-electron chi connectivity index (χ0n) is 14.2. The molecule has 1 fully saturated rings. The van der Waals surface area contributed by atoms with Gasteiger partial charge in [0.15, 0.2) is 0 Å². The number of hydrogen-bond acceptors (Lipinski definition) is 5. The molecule has 7 nitrogen and oxygen atoms in total. The van der Waals surface area contributed by atoms with Crippen molar-refractivity contribution >= 4 is 33.2 Å². The van der Waals surface area contributed by atoms with Crippen LogP contribution in [0.3, 0.4) is 0 Å². The largest absolute Gasteiger partial charge is 0.373 e. The van der Waals surface area contributed by atoms with Crippen LogP contribution in [0.4, 0.5) is 11.4 Å². The Balaban J connectivity index is 1.70. The second kappa shape index (κ2) is 7.17. The topological polar surface area (TPSA) is 95.6 Å². The highest BCUT2D eigenvalue weighted by Crippen LogP contribution is 2.22. The third kappa shape index (κ3) is 4.40. The summed E-state index contributed by atoms with van der Waals surface area (Å²) < 4.78 is 25.0. The van der Waals surface area contributed by atoms with Crippen LogP contribution in [0.2, 0.25) is 0 Å². The van der Waals surface area contributed by atoms with Crippen LogP contribution in [-0.2, 0) is 26.2 Å². The average molecular weight is 373 g/mol. The minimum absolute atomic E-state index is 0.0649. The second-order valence-corrected chi connectivity index (χ2v) is 7.91. The van der Waals surface area contributed by atoms with Gasteiger partial charge in [0, 0.05) is 5.69 Å². The number of sulfonamides is 1. The summed E-state index contributed by atoms with van der Waals surface area (Å²) in [4.78, 5) is 26.0. The Morgan fingerprint density at radius 2 is 1.73 bits per heavy atom. The molecular weight excluding hydrogens is 354 g/mol. The zero-order valence-corrected chi connectivity index (χ0v) is 15.0. The average Bonchev–Trinajstić information content (AvgIpc) is 2.82. The first-order chi connectivity index (χ1) is 12.3. The van der Waals surface area contributed by atoms with Crippen molar-refractivity contribution < 1.29 is 18.0 Å². The van der Waals surface area contributed by atoms with Crippen molar-refractivity contribution in [2.75, 3.05) is 16.3 Å². The summed E-state index contributed by atoms with van der Waals surface area (Å²) in [6.07, 6.45) is 1.13. The molecule has 136 valence electrons. The maximum atomic E-state index is 12.6. The minimum atomic E-state index is -3.39.